The van der Waals surface area contributed by atoms with E-state index in [2.05, 4.69) is 122 Å². The maximum atomic E-state index is 2.40. The lowest BCUT2D eigenvalue weighted by Gasteiger charge is -2.13. The summed E-state index contributed by atoms with van der Waals surface area (Å²) >= 11 is 1.93. The highest BCUT2D eigenvalue weighted by atomic mass is 32.1. The zero-order chi connectivity index (χ0) is 22.4. The Balaban J connectivity index is 1.72. The standard InChI is InChI=1S/C31H25NS/c1-3-22(31-25-16-9-11-20-29(25)33-28(31)4-2)23-17-12-19-27-30(23)24-15-8-10-18-26(24)32(27)21-13-6-5-7-14-21/h3,5-20H,4H2,1-2H3/b22-3-. The van der Waals surface area contributed by atoms with Crippen LogP contribution < -0.4 is 0 Å². The van der Waals surface area contributed by atoms with Crippen molar-refractivity contribution in [2.24, 2.45) is 0 Å². The Morgan fingerprint density at radius 1 is 0.758 bits per heavy atom. The zero-order valence-corrected chi connectivity index (χ0v) is 19.7. The van der Waals surface area contributed by atoms with Crippen LogP contribution in [0.25, 0.3) is 43.2 Å². The second-order valence-electron chi connectivity index (χ2n) is 8.34. The Morgan fingerprint density at radius 2 is 1.45 bits per heavy atom. The molecule has 0 fully saturated rings. The van der Waals surface area contributed by atoms with Gasteiger partial charge in [-0.2, -0.15) is 0 Å². The quantitative estimate of drug-likeness (QED) is 0.256. The van der Waals surface area contributed by atoms with Crippen LogP contribution in [0.3, 0.4) is 0 Å². The Hall–Kier alpha value is -3.62. The Morgan fingerprint density at radius 3 is 2.24 bits per heavy atom. The molecule has 0 radical (unpaired) electrons. The number of aryl methyl sites for hydroxylation is 1. The first kappa shape index (κ1) is 20.0. The summed E-state index contributed by atoms with van der Waals surface area (Å²) in [6.45, 7) is 4.44. The molecular weight excluding hydrogens is 418 g/mol. The highest BCUT2D eigenvalue weighted by Crippen LogP contribution is 2.43. The van der Waals surface area contributed by atoms with Gasteiger partial charge < -0.3 is 4.57 Å². The minimum atomic E-state index is 1.04. The van der Waals surface area contributed by atoms with Crippen molar-refractivity contribution >= 4 is 48.8 Å². The molecule has 33 heavy (non-hydrogen) atoms. The van der Waals surface area contributed by atoms with Gasteiger partial charge in [-0.1, -0.05) is 79.7 Å². The van der Waals surface area contributed by atoms with Crippen molar-refractivity contribution in [3.8, 4) is 5.69 Å². The molecule has 0 bridgehead atoms. The normalized spacial score (nSPS) is 12.2. The number of para-hydroxylation sites is 2. The van der Waals surface area contributed by atoms with Crippen LogP contribution in [0, 0.1) is 0 Å². The third kappa shape index (κ3) is 3.06. The summed E-state index contributed by atoms with van der Waals surface area (Å²) in [5.74, 6) is 0. The number of benzene rings is 4. The van der Waals surface area contributed by atoms with Gasteiger partial charge in [0.25, 0.3) is 0 Å². The van der Waals surface area contributed by atoms with Crippen LogP contribution in [0.5, 0.6) is 0 Å². The first-order valence-electron chi connectivity index (χ1n) is 11.6. The molecule has 0 saturated heterocycles. The first-order valence-corrected chi connectivity index (χ1v) is 12.4. The van der Waals surface area contributed by atoms with E-state index < -0.39 is 0 Å². The molecule has 6 rings (SSSR count). The molecule has 2 aromatic heterocycles. The van der Waals surface area contributed by atoms with Crippen LogP contribution in [-0.4, -0.2) is 4.57 Å². The zero-order valence-electron chi connectivity index (χ0n) is 18.9. The summed E-state index contributed by atoms with van der Waals surface area (Å²) in [6, 6.07) is 35.1. The summed E-state index contributed by atoms with van der Waals surface area (Å²) in [5.41, 5.74) is 7.71. The van der Waals surface area contributed by atoms with Gasteiger partial charge in [-0.15, -0.1) is 11.3 Å². The smallest absolute Gasteiger partial charge is 0.0547 e. The van der Waals surface area contributed by atoms with Gasteiger partial charge in [-0.25, -0.2) is 0 Å². The van der Waals surface area contributed by atoms with Gasteiger partial charge >= 0.3 is 0 Å². The van der Waals surface area contributed by atoms with Crippen LogP contribution in [0.1, 0.15) is 29.9 Å². The molecule has 2 heteroatoms. The average Bonchev–Trinajstić information content (AvgIpc) is 3.41. The largest absolute Gasteiger partial charge is 0.309 e. The summed E-state index contributed by atoms with van der Waals surface area (Å²) in [7, 11) is 0. The molecule has 2 heterocycles. The monoisotopic (exact) mass is 443 g/mol. The molecule has 0 aliphatic rings. The first-order chi connectivity index (χ1) is 16.3. The van der Waals surface area contributed by atoms with Crippen molar-refractivity contribution < 1.29 is 0 Å². The van der Waals surface area contributed by atoms with Crippen LogP contribution >= 0.6 is 11.3 Å². The van der Waals surface area contributed by atoms with Crippen molar-refractivity contribution in [1.82, 2.24) is 4.57 Å². The van der Waals surface area contributed by atoms with Crippen LogP contribution in [0.2, 0.25) is 0 Å². The minimum Gasteiger partial charge on any atom is -0.309 e. The third-order valence-electron chi connectivity index (χ3n) is 6.55. The van der Waals surface area contributed by atoms with Crippen LogP contribution in [-0.2, 0) is 6.42 Å². The van der Waals surface area contributed by atoms with Gasteiger partial charge in [-0.3, -0.25) is 0 Å². The van der Waals surface area contributed by atoms with Crippen LogP contribution in [0.15, 0.2) is 103 Å². The predicted molar refractivity (Wildman–Crippen MR) is 145 cm³/mol. The number of rotatable bonds is 4. The molecule has 4 aromatic carbocycles. The lowest BCUT2D eigenvalue weighted by Crippen LogP contribution is -1.94. The third-order valence-corrected chi connectivity index (χ3v) is 7.86. The Kier molecular flexibility index (Phi) is 4.89. The molecule has 0 amide bonds. The fraction of sp³-hybridized carbons (Fsp3) is 0.0968. The molecule has 0 spiro atoms. The molecule has 1 nitrogen and oxygen atoms in total. The van der Waals surface area contributed by atoms with Gasteiger partial charge in [0.15, 0.2) is 0 Å². The topological polar surface area (TPSA) is 4.93 Å². The average molecular weight is 444 g/mol. The summed E-state index contributed by atoms with van der Waals surface area (Å²) < 4.78 is 3.76. The Bertz CT molecular complexity index is 1650. The second-order valence-corrected chi connectivity index (χ2v) is 9.48. The highest BCUT2D eigenvalue weighted by molar-refractivity contribution is 7.19. The van der Waals surface area contributed by atoms with E-state index in [0.29, 0.717) is 0 Å². The highest BCUT2D eigenvalue weighted by Gasteiger charge is 2.20. The van der Waals surface area contributed by atoms with E-state index >= 15 is 0 Å². The van der Waals surface area contributed by atoms with Gasteiger partial charge in [0, 0.05) is 37.0 Å². The number of thiophene rings is 1. The second kappa shape index (κ2) is 8.06. The van der Waals surface area contributed by atoms with Gasteiger partial charge in [0.1, 0.15) is 0 Å². The fourth-order valence-corrected chi connectivity index (χ4v) is 6.33. The van der Waals surface area contributed by atoms with E-state index in [1.165, 1.54) is 59.2 Å². The van der Waals surface area contributed by atoms with Crippen molar-refractivity contribution in [1.29, 1.82) is 0 Å². The maximum Gasteiger partial charge on any atom is 0.0547 e. The maximum absolute atomic E-state index is 2.40. The van der Waals surface area contributed by atoms with E-state index in [9.17, 15) is 0 Å². The SMILES string of the molecule is C/C=C(\c1c(CC)sc2ccccc12)c1cccc2c1c1ccccc1n2-c1ccccc1. The number of aromatic nitrogens is 1. The number of allylic oxidation sites excluding steroid dienone is 1. The Labute approximate surface area is 198 Å². The van der Waals surface area contributed by atoms with Gasteiger partial charge in [-0.05, 0) is 54.8 Å². The van der Waals surface area contributed by atoms with Crippen molar-refractivity contribution in [3.05, 3.63) is 119 Å². The summed E-state index contributed by atoms with van der Waals surface area (Å²) in [6.07, 6.45) is 3.34. The number of hydrogen-bond donors (Lipinski definition) is 0. The van der Waals surface area contributed by atoms with E-state index in [4.69, 9.17) is 0 Å². The van der Waals surface area contributed by atoms with Crippen molar-refractivity contribution in [2.45, 2.75) is 20.3 Å². The molecule has 160 valence electrons. The summed E-state index contributed by atoms with van der Waals surface area (Å²) in [4.78, 5) is 1.45. The minimum absolute atomic E-state index is 1.04. The summed E-state index contributed by atoms with van der Waals surface area (Å²) in [5, 5.41) is 3.97. The predicted octanol–water partition coefficient (Wildman–Crippen LogP) is 9.01. The molecular formula is C31H25NS. The van der Waals surface area contributed by atoms with Gasteiger partial charge in [0.2, 0.25) is 0 Å². The number of nitrogens with zero attached hydrogens (tertiary/aromatic N) is 1. The molecule has 0 aliphatic heterocycles. The van der Waals surface area contributed by atoms with E-state index in [-0.39, 0.29) is 0 Å². The fourth-order valence-electron chi connectivity index (χ4n) is 5.17. The molecule has 0 saturated carbocycles. The molecule has 0 unspecified atom stereocenters. The lowest BCUT2D eigenvalue weighted by atomic mass is 9.91. The molecule has 0 N–H and O–H groups in total. The molecule has 6 aromatic rings. The molecule has 0 aliphatic carbocycles. The van der Waals surface area contributed by atoms with Crippen LogP contribution in [0.4, 0.5) is 0 Å². The van der Waals surface area contributed by atoms with Gasteiger partial charge in [0.05, 0.1) is 11.0 Å². The lowest BCUT2D eigenvalue weighted by molar-refractivity contribution is 1.18. The van der Waals surface area contributed by atoms with Crippen molar-refractivity contribution in [2.75, 3.05) is 0 Å². The number of hydrogen-bond acceptors (Lipinski definition) is 1. The van der Waals surface area contributed by atoms with E-state index in [1.807, 2.05) is 11.3 Å². The van der Waals surface area contributed by atoms with E-state index in [0.717, 1.165) is 6.42 Å². The van der Waals surface area contributed by atoms with Crippen molar-refractivity contribution in [3.63, 3.8) is 0 Å². The van der Waals surface area contributed by atoms with E-state index in [1.54, 1.807) is 0 Å². The molecule has 0 atom stereocenters. The number of fused-ring (bicyclic) bond motifs is 4.